The molecule has 0 aliphatic heterocycles. The third-order valence-corrected chi connectivity index (χ3v) is 19.4. The molecule has 0 heterocycles. The quantitative estimate of drug-likeness (QED) is 0.355. The summed E-state index contributed by atoms with van der Waals surface area (Å²) in [5.74, 6) is 11.3. The fourth-order valence-electron chi connectivity index (χ4n) is 20.1. The van der Waals surface area contributed by atoms with Gasteiger partial charge in [-0.25, -0.2) is 0 Å². The van der Waals surface area contributed by atoms with Crippen LogP contribution in [0.25, 0.3) is 0 Å². The molecule has 0 aromatic carbocycles. The van der Waals surface area contributed by atoms with Crippen molar-refractivity contribution in [3.63, 3.8) is 0 Å². The Morgan fingerprint density at radius 1 is 0.703 bits per heavy atom. The molecule has 11 aliphatic rings. The SMILES string of the molecule is CCCC1CC2CC34CC56CC78CC(CC7CCC8C57CC5CCCCC2C57C3)C2CCC6C4(C1)C2C. The number of hydrogen-bond acceptors (Lipinski definition) is 0. The zero-order valence-electron chi connectivity index (χ0n) is 24.2. The average Bonchev–Trinajstić information content (AvgIpc) is 3.46. The zero-order chi connectivity index (χ0) is 24.2. The Morgan fingerprint density at radius 2 is 1.59 bits per heavy atom. The predicted molar refractivity (Wildman–Crippen MR) is 149 cm³/mol. The van der Waals surface area contributed by atoms with E-state index in [9.17, 15) is 0 Å². The predicted octanol–water partition coefficient (Wildman–Crippen LogP) is 9.67. The zero-order valence-corrected chi connectivity index (χ0v) is 24.2. The number of hydrogen-bond donors (Lipinski definition) is 0. The molecule has 0 amide bonds. The highest BCUT2D eigenvalue weighted by molar-refractivity contribution is 5.43. The van der Waals surface area contributed by atoms with Gasteiger partial charge in [0.2, 0.25) is 0 Å². The first kappa shape index (κ1) is 21.7. The smallest absolute Gasteiger partial charge is 0.0139 e. The van der Waals surface area contributed by atoms with Crippen LogP contribution in [0.15, 0.2) is 0 Å². The summed E-state index contributed by atoms with van der Waals surface area (Å²) in [6, 6.07) is 0. The molecule has 11 saturated carbocycles. The van der Waals surface area contributed by atoms with E-state index in [4.69, 9.17) is 0 Å². The highest BCUT2D eigenvalue weighted by atomic mass is 15.0. The van der Waals surface area contributed by atoms with Crippen LogP contribution in [0.5, 0.6) is 0 Å². The van der Waals surface area contributed by atoms with E-state index in [1.165, 1.54) is 12.3 Å². The van der Waals surface area contributed by atoms with Crippen molar-refractivity contribution >= 4 is 0 Å². The molecule has 0 N–H and O–H groups in total. The second kappa shape index (κ2) is 6.10. The van der Waals surface area contributed by atoms with Gasteiger partial charge in [-0.2, -0.15) is 0 Å². The summed E-state index contributed by atoms with van der Waals surface area (Å²) in [5.41, 5.74) is 4.78. The molecule has 0 aromatic heterocycles. The third-order valence-electron chi connectivity index (χ3n) is 19.4. The summed E-state index contributed by atoms with van der Waals surface area (Å²) < 4.78 is 0. The molecule has 0 saturated heterocycles. The van der Waals surface area contributed by atoms with Crippen LogP contribution in [0.2, 0.25) is 0 Å². The minimum Gasteiger partial charge on any atom is -0.0654 e. The fourth-order valence-corrected chi connectivity index (χ4v) is 20.1. The molecular weight excluding hydrogens is 444 g/mol. The normalized spacial score (nSPS) is 72.2. The van der Waals surface area contributed by atoms with E-state index in [1.54, 1.807) is 116 Å². The summed E-state index contributed by atoms with van der Waals surface area (Å²) in [6.07, 6.45) is 31.8. The van der Waals surface area contributed by atoms with E-state index < -0.39 is 0 Å². The summed E-state index contributed by atoms with van der Waals surface area (Å²) in [4.78, 5) is 0. The maximum atomic E-state index is 2.94. The number of rotatable bonds is 2. The van der Waals surface area contributed by atoms with Gasteiger partial charge >= 0.3 is 0 Å². The first-order valence-corrected chi connectivity index (χ1v) is 18.0. The topological polar surface area (TPSA) is 0 Å². The van der Waals surface area contributed by atoms with Crippen molar-refractivity contribution in [2.75, 3.05) is 0 Å². The van der Waals surface area contributed by atoms with Gasteiger partial charge in [0.15, 0.2) is 0 Å². The molecule has 0 radical (unpaired) electrons. The molecule has 16 atom stereocenters. The largest absolute Gasteiger partial charge is 0.0654 e. The second-order valence-corrected chi connectivity index (χ2v) is 18.7. The van der Waals surface area contributed by atoms with Gasteiger partial charge in [0, 0.05) is 0 Å². The fraction of sp³-hybridized carbons (Fsp3) is 1.00. The van der Waals surface area contributed by atoms with Crippen LogP contribution in [0, 0.1) is 91.7 Å². The van der Waals surface area contributed by atoms with E-state index in [2.05, 4.69) is 13.8 Å². The Hall–Kier alpha value is 0. The Morgan fingerprint density at radius 3 is 2.51 bits per heavy atom. The lowest BCUT2D eigenvalue weighted by molar-refractivity contribution is -0.324. The first-order chi connectivity index (χ1) is 18.0. The van der Waals surface area contributed by atoms with E-state index in [0.717, 1.165) is 85.8 Å². The van der Waals surface area contributed by atoms with Gasteiger partial charge in [0.25, 0.3) is 0 Å². The molecule has 6 spiro atoms. The Kier molecular flexibility index (Phi) is 3.58. The van der Waals surface area contributed by atoms with Crippen LogP contribution in [-0.2, 0) is 0 Å². The molecule has 0 heteroatoms. The highest BCUT2D eigenvalue weighted by Gasteiger charge is 2.95. The molecule has 11 fully saturated rings. The summed E-state index contributed by atoms with van der Waals surface area (Å²) in [5, 5.41) is 0. The van der Waals surface area contributed by atoms with Crippen molar-refractivity contribution < 1.29 is 0 Å². The minimum absolute atomic E-state index is 0.751. The molecule has 8 bridgehead atoms. The average molecular weight is 499 g/mol. The Bertz CT molecular complexity index is 1090. The van der Waals surface area contributed by atoms with Gasteiger partial charge < -0.3 is 0 Å². The summed E-state index contributed by atoms with van der Waals surface area (Å²) in [6.45, 7) is 5.47. The molecule has 202 valence electrons. The van der Waals surface area contributed by atoms with Crippen molar-refractivity contribution in [2.45, 2.75) is 136 Å². The minimum atomic E-state index is 0.751. The first-order valence-electron chi connectivity index (χ1n) is 18.0. The van der Waals surface area contributed by atoms with Crippen LogP contribution < -0.4 is 0 Å². The third kappa shape index (κ3) is 1.78. The van der Waals surface area contributed by atoms with Crippen LogP contribution in [-0.4, -0.2) is 0 Å². The Labute approximate surface area is 227 Å². The van der Waals surface area contributed by atoms with E-state index in [-0.39, 0.29) is 0 Å². The standard InChI is InChI=1S/C37H54/c1-3-6-23-13-25-16-32-19-34-21-33-17-24(28-10-12-31(34)35(32,15-23)22(28)2)14-26(33)9-11-30(33)37(34)18-27-7-4-5-8-29(25)36(27,37)20-32/h22-31H,3-21H2,1-2H3. The number of fused-ring (bicyclic) bond motifs is 4. The van der Waals surface area contributed by atoms with Crippen LogP contribution >= 0.6 is 0 Å². The van der Waals surface area contributed by atoms with Crippen molar-refractivity contribution in [1.82, 2.24) is 0 Å². The van der Waals surface area contributed by atoms with Crippen LogP contribution in [0.4, 0.5) is 0 Å². The van der Waals surface area contributed by atoms with Gasteiger partial charge in [-0.05, 0) is 188 Å². The second-order valence-electron chi connectivity index (χ2n) is 18.7. The Balaban J connectivity index is 1.27. The van der Waals surface area contributed by atoms with Gasteiger partial charge in [-0.15, -0.1) is 0 Å². The van der Waals surface area contributed by atoms with Crippen LogP contribution in [0.1, 0.15) is 136 Å². The van der Waals surface area contributed by atoms with E-state index in [1.807, 2.05) is 0 Å². The monoisotopic (exact) mass is 498 g/mol. The van der Waals surface area contributed by atoms with Crippen molar-refractivity contribution in [3.8, 4) is 0 Å². The molecule has 11 aliphatic carbocycles. The summed E-state index contributed by atoms with van der Waals surface area (Å²) >= 11 is 0. The van der Waals surface area contributed by atoms with E-state index >= 15 is 0 Å². The van der Waals surface area contributed by atoms with Gasteiger partial charge in [0.05, 0.1) is 0 Å². The molecule has 0 aromatic rings. The van der Waals surface area contributed by atoms with Crippen LogP contribution in [0.3, 0.4) is 0 Å². The maximum absolute atomic E-state index is 2.94. The lowest BCUT2D eigenvalue weighted by Gasteiger charge is -2.80. The van der Waals surface area contributed by atoms with Gasteiger partial charge in [0.1, 0.15) is 0 Å². The molecule has 16 unspecified atom stereocenters. The van der Waals surface area contributed by atoms with Crippen molar-refractivity contribution in [3.05, 3.63) is 0 Å². The molecule has 11 rings (SSSR count). The molecule has 37 heavy (non-hydrogen) atoms. The van der Waals surface area contributed by atoms with Gasteiger partial charge in [-0.3, -0.25) is 0 Å². The van der Waals surface area contributed by atoms with E-state index in [0.29, 0.717) is 0 Å². The highest BCUT2D eigenvalue weighted by Crippen LogP contribution is 3.01. The summed E-state index contributed by atoms with van der Waals surface area (Å²) in [7, 11) is 0. The maximum Gasteiger partial charge on any atom is -0.0139 e. The lowest BCUT2D eigenvalue weighted by atomic mass is 9.24. The lowest BCUT2D eigenvalue weighted by Crippen LogP contribution is -2.74. The molecule has 0 nitrogen and oxygen atoms in total. The molecular formula is C37H54. The van der Waals surface area contributed by atoms with Crippen molar-refractivity contribution in [2.24, 2.45) is 91.7 Å². The van der Waals surface area contributed by atoms with Crippen molar-refractivity contribution in [1.29, 1.82) is 0 Å². The van der Waals surface area contributed by atoms with Gasteiger partial charge in [-0.1, -0.05) is 39.5 Å².